The zero-order valence-electron chi connectivity index (χ0n) is 14.8. The van der Waals surface area contributed by atoms with E-state index in [9.17, 15) is 8.78 Å². The molecule has 4 rings (SSSR count). The fourth-order valence-electron chi connectivity index (χ4n) is 3.22. The van der Waals surface area contributed by atoms with Gasteiger partial charge < -0.3 is 13.9 Å². The number of benzene rings is 2. The van der Waals surface area contributed by atoms with Crippen LogP contribution in [0.15, 0.2) is 28.7 Å². The van der Waals surface area contributed by atoms with Gasteiger partial charge in [-0.1, -0.05) is 19.8 Å². The standard InChI is InChI=1S/C21H22F2O3/c1-2-3-11-24-16-9-7-14-15-8-10-17(25-12-13-5-4-6-13)19(23)21(15)26-20(14)18(16)22/h7-10,13H,2-6,11-12H2,1H3. The Labute approximate surface area is 150 Å². The van der Waals surface area contributed by atoms with E-state index in [1.807, 2.05) is 6.92 Å². The lowest BCUT2D eigenvalue weighted by Gasteiger charge is -2.25. The van der Waals surface area contributed by atoms with Crippen LogP contribution in [0, 0.1) is 17.6 Å². The molecule has 1 heterocycles. The molecule has 0 radical (unpaired) electrons. The maximum absolute atomic E-state index is 14.8. The Morgan fingerprint density at radius 3 is 2.12 bits per heavy atom. The number of hydrogen-bond donors (Lipinski definition) is 0. The van der Waals surface area contributed by atoms with Crippen molar-refractivity contribution >= 4 is 21.9 Å². The fraction of sp³-hybridized carbons (Fsp3) is 0.429. The van der Waals surface area contributed by atoms with Gasteiger partial charge in [0.05, 0.1) is 13.2 Å². The maximum atomic E-state index is 14.8. The van der Waals surface area contributed by atoms with E-state index in [4.69, 9.17) is 13.9 Å². The van der Waals surface area contributed by atoms with Gasteiger partial charge in [-0.15, -0.1) is 0 Å². The van der Waals surface area contributed by atoms with Gasteiger partial charge in [0, 0.05) is 10.8 Å². The van der Waals surface area contributed by atoms with Crippen LogP contribution in [-0.2, 0) is 0 Å². The van der Waals surface area contributed by atoms with Gasteiger partial charge in [0.25, 0.3) is 0 Å². The molecule has 0 atom stereocenters. The second-order valence-corrected chi connectivity index (χ2v) is 6.92. The lowest BCUT2D eigenvalue weighted by Crippen LogP contribution is -2.19. The van der Waals surface area contributed by atoms with E-state index in [1.54, 1.807) is 24.3 Å². The number of unbranched alkanes of at least 4 members (excludes halogenated alkanes) is 1. The molecular weight excluding hydrogens is 338 g/mol. The average molecular weight is 360 g/mol. The Bertz CT molecular complexity index is 928. The summed E-state index contributed by atoms with van der Waals surface area (Å²) in [5, 5.41) is 1.07. The van der Waals surface area contributed by atoms with Crippen molar-refractivity contribution in [2.45, 2.75) is 39.0 Å². The van der Waals surface area contributed by atoms with Crippen LogP contribution in [0.25, 0.3) is 21.9 Å². The molecule has 3 nitrogen and oxygen atoms in total. The third-order valence-electron chi connectivity index (χ3n) is 5.07. The highest BCUT2D eigenvalue weighted by Crippen LogP contribution is 2.38. The topological polar surface area (TPSA) is 31.6 Å². The van der Waals surface area contributed by atoms with Gasteiger partial charge >= 0.3 is 0 Å². The van der Waals surface area contributed by atoms with E-state index in [0.717, 1.165) is 25.7 Å². The van der Waals surface area contributed by atoms with Crippen molar-refractivity contribution in [2.24, 2.45) is 5.92 Å². The number of ether oxygens (including phenoxy) is 2. The predicted molar refractivity (Wildman–Crippen MR) is 96.9 cm³/mol. The van der Waals surface area contributed by atoms with Crippen molar-refractivity contribution in [3.63, 3.8) is 0 Å². The molecule has 0 bridgehead atoms. The number of rotatable bonds is 7. The summed E-state index contributed by atoms with van der Waals surface area (Å²) in [6.45, 7) is 2.98. The first-order chi connectivity index (χ1) is 12.7. The highest BCUT2D eigenvalue weighted by Gasteiger charge is 2.22. The number of furan rings is 1. The van der Waals surface area contributed by atoms with Crippen molar-refractivity contribution in [1.82, 2.24) is 0 Å². The Morgan fingerprint density at radius 2 is 1.58 bits per heavy atom. The molecule has 0 unspecified atom stereocenters. The van der Waals surface area contributed by atoms with Crippen molar-refractivity contribution < 1.29 is 22.7 Å². The first-order valence-corrected chi connectivity index (χ1v) is 9.28. The summed E-state index contributed by atoms with van der Waals surface area (Å²) in [4.78, 5) is 0. The second kappa shape index (κ2) is 7.14. The molecule has 3 aromatic rings. The van der Waals surface area contributed by atoms with Crippen LogP contribution in [0.5, 0.6) is 11.5 Å². The monoisotopic (exact) mass is 360 g/mol. The normalized spacial score (nSPS) is 14.7. The third-order valence-corrected chi connectivity index (χ3v) is 5.07. The second-order valence-electron chi connectivity index (χ2n) is 6.92. The predicted octanol–water partition coefficient (Wildman–Crippen LogP) is 6.22. The van der Waals surface area contributed by atoms with Gasteiger partial charge in [-0.3, -0.25) is 0 Å². The third kappa shape index (κ3) is 3.00. The zero-order valence-corrected chi connectivity index (χ0v) is 14.8. The molecule has 1 aromatic heterocycles. The van der Waals surface area contributed by atoms with E-state index >= 15 is 0 Å². The summed E-state index contributed by atoms with van der Waals surface area (Å²) >= 11 is 0. The summed E-state index contributed by atoms with van der Waals surface area (Å²) in [6, 6.07) is 6.59. The molecule has 0 aliphatic heterocycles. The molecular formula is C21H22F2O3. The van der Waals surface area contributed by atoms with E-state index < -0.39 is 11.6 Å². The van der Waals surface area contributed by atoms with Gasteiger partial charge in [0.2, 0.25) is 11.6 Å². The Kier molecular flexibility index (Phi) is 4.70. The quantitative estimate of drug-likeness (QED) is 0.469. The molecule has 2 aromatic carbocycles. The summed E-state index contributed by atoms with van der Waals surface area (Å²) in [5.74, 6) is -0.381. The van der Waals surface area contributed by atoms with Gasteiger partial charge in [-0.2, -0.15) is 8.78 Å². The molecule has 1 aliphatic carbocycles. The minimum absolute atomic E-state index is 0.0176. The molecule has 5 heteroatoms. The van der Waals surface area contributed by atoms with Crippen LogP contribution in [0.1, 0.15) is 39.0 Å². The molecule has 0 saturated heterocycles. The minimum Gasteiger partial charge on any atom is -0.490 e. The summed E-state index contributed by atoms with van der Waals surface area (Å²) in [5.41, 5.74) is 0.0414. The van der Waals surface area contributed by atoms with Gasteiger partial charge in [-0.05, 0) is 49.4 Å². The first kappa shape index (κ1) is 17.1. The van der Waals surface area contributed by atoms with Crippen molar-refractivity contribution in [1.29, 1.82) is 0 Å². The van der Waals surface area contributed by atoms with E-state index in [-0.39, 0.29) is 22.7 Å². The van der Waals surface area contributed by atoms with Gasteiger partial charge in [-0.25, -0.2) is 0 Å². The van der Waals surface area contributed by atoms with Crippen molar-refractivity contribution in [3.05, 3.63) is 35.9 Å². The van der Waals surface area contributed by atoms with Crippen LogP contribution >= 0.6 is 0 Å². The Hall–Kier alpha value is -2.30. The number of fused-ring (bicyclic) bond motifs is 3. The lowest BCUT2D eigenvalue weighted by atomic mass is 9.86. The molecule has 26 heavy (non-hydrogen) atoms. The van der Waals surface area contributed by atoms with Crippen LogP contribution < -0.4 is 9.47 Å². The minimum atomic E-state index is -0.592. The SMILES string of the molecule is CCCCOc1ccc2c(oc3c(F)c(OCC4CCC4)ccc32)c1F. The average Bonchev–Trinajstić information content (AvgIpc) is 2.98. The highest BCUT2D eigenvalue weighted by atomic mass is 19.1. The largest absolute Gasteiger partial charge is 0.490 e. The Balaban J connectivity index is 1.68. The lowest BCUT2D eigenvalue weighted by molar-refractivity contribution is 0.175. The molecule has 0 N–H and O–H groups in total. The Morgan fingerprint density at radius 1 is 0.962 bits per heavy atom. The zero-order chi connectivity index (χ0) is 18.1. The fourth-order valence-corrected chi connectivity index (χ4v) is 3.22. The van der Waals surface area contributed by atoms with Crippen LogP contribution in [0.2, 0.25) is 0 Å². The van der Waals surface area contributed by atoms with Crippen LogP contribution in [0.4, 0.5) is 8.78 Å². The number of halogens is 2. The maximum Gasteiger partial charge on any atom is 0.208 e. The van der Waals surface area contributed by atoms with Crippen LogP contribution in [-0.4, -0.2) is 13.2 Å². The van der Waals surface area contributed by atoms with Crippen LogP contribution in [0.3, 0.4) is 0 Å². The summed E-state index contributed by atoms with van der Waals surface area (Å²) in [7, 11) is 0. The highest BCUT2D eigenvalue weighted by molar-refractivity contribution is 6.06. The first-order valence-electron chi connectivity index (χ1n) is 9.28. The molecule has 1 saturated carbocycles. The smallest absolute Gasteiger partial charge is 0.208 e. The van der Waals surface area contributed by atoms with E-state index in [0.29, 0.717) is 29.9 Å². The van der Waals surface area contributed by atoms with Gasteiger partial charge in [0.1, 0.15) is 0 Å². The summed E-state index contributed by atoms with van der Waals surface area (Å²) < 4.78 is 46.1. The molecule has 0 spiro atoms. The molecule has 1 fully saturated rings. The number of hydrogen-bond acceptors (Lipinski definition) is 3. The van der Waals surface area contributed by atoms with E-state index in [1.165, 1.54) is 6.42 Å². The van der Waals surface area contributed by atoms with Crippen molar-refractivity contribution in [3.8, 4) is 11.5 Å². The summed E-state index contributed by atoms with van der Waals surface area (Å²) in [6.07, 6.45) is 5.26. The van der Waals surface area contributed by atoms with Crippen molar-refractivity contribution in [2.75, 3.05) is 13.2 Å². The molecule has 0 amide bonds. The molecule has 138 valence electrons. The molecule has 1 aliphatic rings. The van der Waals surface area contributed by atoms with Gasteiger partial charge in [0.15, 0.2) is 22.7 Å². The van der Waals surface area contributed by atoms with E-state index in [2.05, 4.69) is 0 Å².